The van der Waals surface area contributed by atoms with Crippen LogP contribution < -0.4 is 5.32 Å². The van der Waals surface area contributed by atoms with E-state index < -0.39 is 0 Å². The Morgan fingerprint density at radius 3 is 1.43 bits per heavy atom. The average Bonchev–Trinajstić information content (AvgIpc) is 4.02. The Bertz CT molecular complexity index is 1350. The van der Waals surface area contributed by atoms with Crippen molar-refractivity contribution in [2.75, 3.05) is 40.9 Å². The molecule has 1 aliphatic rings. The lowest BCUT2D eigenvalue weighted by atomic mass is 9.84. The van der Waals surface area contributed by atoms with E-state index in [1.165, 1.54) is 63.5 Å². The first-order valence-corrected chi connectivity index (χ1v) is 27.3. The second-order valence-corrected chi connectivity index (χ2v) is 27.5. The predicted octanol–water partition coefficient (Wildman–Crippen LogP) is 19.0. The van der Waals surface area contributed by atoms with Gasteiger partial charge < -0.3 is 15.0 Å². The molecule has 1 amide bonds. The van der Waals surface area contributed by atoms with E-state index >= 15 is 0 Å². The lowest BCUT2D eigenvalue weighted by Crippen LogP contribution is -2.25. The number of methoxy groups -OCH3 is 1. The minimum Gasteiger partial charge on any atom is -0.385 e. The second-order valence-electron chi connectivity index (χ2n) is 27.5. The van der Waals surface area contributed by atoms with Crippen LogP contribution in [0.15, 0.2) is 54.9 Å². The van der Waals surface area contributed by atoms with Gasteiger partial charge in [-0.15, -0.1) is 0 Å². The van der Waals surface area contributed by atoms with Crippen molar-refractivity contribution in [2.45, 2.75) is 236 Å². The van der Waals surface area contributed by atoms with Crippen LogP contribution in [0.3, 0.4) is 0 Å². The summed E-state index contributed by atoms with van der Waals surface area (Å²) in [4.78, 5) is 18.0. The molecule has 1 aromatic carbocycles. The van der Waals surface area contributed by atoms with Crippen LogP contribution in [-0.2, 0) is 11.2 Å². The van der Waals surface area contributed by atoms with Crippen LogP contribution in [0.2, 0.25) is 0 Å². The van der Waals surface area contributed by atoms with E-state index in [0.717, 1.165) is 74.0 Å². The van der Waals surface area contributed by atoms with Crippen LogP contribution in [0.25, 0.3) is 0 Å². The third-order valence-electron chi connectivity index (χ3n) is 11.4. The van der Waals surface area contributed by atoms with Gasteiger partial charge in [0.2, 0.25) is 0 Å². The molecule has 0 atom stereocenters. The van der Waals surface area contributed by atoms with Gasteiger partial charge in [0, 0.05) is 38.2 Å². The molecule has 1 saturated carbocycles. The minimum atomic E-state index is 0.0227. The van der Waals surface area contributed by atoms with Crippen molar-refractivity contribution in [1.29, 1.82) is 0 Å². The predicted molar refractivity (Wildman–Crippen MR) is 308 cm³/mol. The fraction of sp³-hybridized carbons (Fsp3) is 0.810. The van der Waals surface area contributed by atoms with Gasteiger partial charge in [0.1, 0.15) is 0 Å². The van der Waals surface area contributed by atoms with Crippen LogP contribution in [0.4, 0.5) is 0 Å². The Hall–Kier alpha value is -2.24. The normalized spacial score (nSPS) is 12.8. The molecular formula is C63H123N3O2. The maximum Gasteiger partial charge on any atom is 0.251 e. The van der Waals surface area contributed by atoms with Gasteiger partial charge in [-0.1, -0.05) is 222 Å². The Morgan fingerprint density at radius 1 is 0.647 bits per heavy atom. The molecular weight excluding hydrogens is 831 g/mol. The van der Waals surface area contributed by atoms with E-state index in [0.29, 0.717) is 27.1 Å². The zero-order valence-corrected chi connectivity index (χ0v) is 50.9. The molecule has 1 aromatic heterocycles. The minimum absolute atomic E-state index is 0.0227. The molecule has 1 fully saturated rings. The van der Waals surface area contributed by atoms with Crippen molar-refractivity contribution in [3.8, 4) is 0 Å². The van der Waals surface area contributed by atoms with Gasteiger partial charge in [0.05, 0.1) is 0 Å². The smallest absolute Gasteiger partial charge is 0.251 e. The van der Waals surface area contributed by atoms with Crippen LogP contribution in [0.5, 0.6) is 0 Å². The summed E-state index contributed by atoms with van der Waals surface area (Å²) in [5.74, 6) is 4.66. The van der Waals surface area contributed by atoms with Crippen molar-refractivity contribution in [2.24, 2.45) is 56.7 Å². The molecule has 0 unspecified atom stereocenters. The second kappa shape index (κ2) is 39.4. The van der Waals surface area contributed by atoms with Crippen LogP contribution in [0.1, 0.15) is 246 Å². The summed E-state index contributed by atoms with van der Waals surface area (Å²) in [5.41, 5.74) is 4.20. The number of amides is 1. The first kappa shape index (κ1) is 72.3. The number of benzene rings is 1. The molecule has 0 aliphatic heterocycles. The number of pyridine rings is 1. The first-order chi connectivity index (χ1) is 30.9. The van der Waals surface area contributed by atoms with Gasteiger partial charge in [0.25, 0.3) is 5.91 Å². The topological polar surface area (TPSA) is 54.5 Å². The Labute approximate surface area is 428 Å². The van der Waals surface area contributed by atoms with E-state index in [2.05, 4.69) is 195 Å². The number of hydrogen-bond donors (Lipinski definition) is 1. The highest BCUT2D eigenvalue weighted by Crippen LogP contribution is 2.34. The van der Waals surface area contributed by atoms with E-state index in [1.54, 1.807) is 7.11 Å². The van der Waals surface area contributed by atoms with Gasteiger partial charge in [0.15, 0.2) is 0 Å². The number of rotatable bonds is 16. The van der Waals surface area contributed by atoms with Crippen molar-refractivity contribution >= 4 is 5.91 Å². The molecule has 0 spiro atoms. The average molecular weight is 955 g/mol. The third kappa shape index (κ3) is 65.8. The van der Waals surface area contributed by atoms with Crippen molar-refractivity contribution in [3.63, 3.8) is 0 Å². The van der Waals surface area contributed by atoms with Gasteiger partial charge in [-0.05, 0) is 140 Å². The number of ether oxygens (including phenoxy) is 1. The quantitative estimate of drug-likeness (QED) is 0.170. The summed E-state index contributed by atoms with van der Waals surface area (Å²) in [6.07, 6.45) is 19.5. The monoisotopic (exact) mass is 954 g/mol. The summed E-state index contributed by atoms with van der Waals surface area (Å²) in [5, 5.41) is 2.93. The van der Waals surface area contributed by atoms with Gasteiger partial charge in [-0.3, -0.25) is 9.78 Å². The zero-order valence-electron chi connectivity index (χ0n) is 50.9. The summed E-state index contributed by atoms with van der Waals surface area (Å²) in [7, 11) is 6.00. The number of nitrogens with one attached hydrogen (secondary N) is 1. The lowest BCUT2D eigenvalue weighted by molar-refractivity contribution is 0.0951. The molecule has 402 valence electrons. The maximum atomic E-state index is 11.7. The number of aromatic nitrogens is 1. The van der Waals surface area contributed by atoms with Crippen molar-refractivity contribution in [3.05, 3.63) is 66.0 Å². The molecule has 1 heterocycles. The number of carbonyl (C=O) groups is 1. The van der Waals surface area contributed by atoms with E-state index in [-0.39, 0.29) is 5.91 Å². The zero-order chi connectivity index (χ0) is 53.8. The molecule has 1 aliphatic carbocycles. The first-order valence-electron chi connectivity index (χ1n) is 27.3. The van der Waals surface area contributed by atoms with Crippen molar-refractivity contribution in [1.82, 2.24) is 15.2 Å². The van der Waals surface area contributed by atoms with Gasteiger partial charge in [-0.2, -0.15) is 0 Å². The molecule has 0 saturated heterocycles. The summed E-state index contributed by atoms with van der Waals surface area (Å²) < 4.78 is 4.92. The molecule has 0 bridgehead atoms. The summed E-state index contributed by atoms with van der Waals surface area (Å²) in [6.45, 7) is 54.8. The molecule has 3 rings (SSSR count). The molecule has 0 radical (unpaired) electrons. The van der Waals surface area contributed by atoms with Crippen LogP contribution in [-0.4, -0.2) is 56.7 Å². The summed E-state index contributed by atoms with van der Waals surface area (Å²) >= 11 is 0. The SMILES string of the molecule is CC(C)(C)CCCNC(=O)c1ccccc1.CC(C)(C)Cc1cccnc1.CC(C)C(C)(C)C.CC(C)CCC(C)C.CC(C)CCC1CC1.CN(C)CCCC(C)(C)C.COCCC(C)(C)C. The Balaban J connectivity index is -0.000000359. The maximum absolute atomic E-state index is 11.7. The molecule has 5 heteroatoms. The number of nitrogens with zero attached hydrogens (tertiary/aromatic N) is 2. The molecule has 1 N–H and O–H groups in total. The summed E-state index contributed by atoms with van der Waals surface area (Å²) in [6, 6.07) is 13.4. The molecule has 5 nitrogen and oxygen atoms in total. The van der Waals surface area contributed by atoms with E-state index in [9.17, 15) is 4.79 Å². The van der Waals surface area contributed by atoms with Gasteiger partial charge in [-0.25, -0.2) is 0 Å². The van der Waals surface area contributed by atoms with Crippen LogP contribution >= 0.6 is 0 Å². The fourth-order valence-corrected chi connectivity index (χ4v) is 5.60. The number of hydrogen-bond acceptors (Lipinski definition) is 4. The highest BCUT2D eigenvalue weighted by Gasteiger charge is 2.20. The molecule has 68 heavy (non-hydrogen) atoms. The highest BCUT2D eigenvalue weighted by molar-refractivity contribution is 5.94. The standard InChI is InChI=1S/C14H21NO.C10H15N.C9H21N.C8H16.C8H18.C7H16O.C7H16/c1-14(2,3)10-7-11-15-13(16)12-8-5-4-6-9-12;1-10(2,3)7-9-5-4-6-11-8-9;1-9(2,3)7-6-8-10(4)5;1-7(2)3-4-8-5-6-8;1-7(2)5-6-8(3)4;1-7(2,3)5-6-8-4;1-6(2)7(3,4)5/h4-6,8-9H,7,10-11H2,1-3H3,(H,15,16);4-6,8H,7H2,1-3H3;6-8H2,1-5H3;7-8H,3-6H2,1-2H3;7-8H,5-6H2,1-4H3;5-6H2,1-4H3;6H,1-5H3. The van der Waals surface area contributed by atoms with E-state index in [4.69, 9.17) is 4.74 Å². The largest absolute Gasteiger partial charge is 0.385 e. The van der Waals surface area contributed by atoms with Crippen molar-refractivity contribution < 1.29 is 9.53 Å². The van der Waals surface area contributed by atoms with Gasteiger partial charge >= 0.3 is 0 Å². The lowest BCUT2D eigenvalue weighted by Gasteiger charge is -2.22. The fourth-order valence-electron chi connectivity index (χ4n) is 5.60. The van der Waals surface area contributed by atoms with E-state index in [1.807, 2.05) is 48.8 Å². The Morgan fingerprint density at radius 2 is 1.10 bits per heavy atom. The Kier molecular flexibility index (Phi) is 41.9. The molecule has 2 aromatic rings. The highest BCUT2D eigenvalue weighted by atomic mass is 16.5. The van der Waals surface area contributed by atoms with Crippen LogP contribution in [0, 0.1) is 56.7 Å². The number of carbonyl (C=O) groups excluding carboxylic acids is 1. The third-order valence-corrected chi connectivity index (χ3v) is 11.4.